The molecule has 0 bridgehead atoms. The Hall–Kier alpha value is -0.900. The second-order valence-electron chi connectivity index (χ2n) is 3.06. The van der Waals surface area contributed by atoms with Gasteiger partial charge in [0.1, 0.15) is 11.6 Å². The third-order valence-electron chi connectivity index (χ3n) is 1.59. The first kappa shape index (κ1) is 11.2. The van der Waals surface area contributed by atoms with Gasteiger partial charge < -0.3 is 5.32 Å². The predicted molar refractivity (Wildman–Crippen MR) is 57.4 cm³/mol. The molecule has 1 aromatic rings. The molecule has 1 aromatic carbocycles. The quantitative estimate of drug-likeness (QED) is 0.646. The summed E-state index contributed by atoms with van der Waals surface area (Å²) in [6, 6.07) is 2.21. The van der Waals surface area contributed by atoms with E-state index >= 15 is 0 Å². The van der Waals surface area contributed by atoms with Crippen LogP contribution < -0.4 is 5.32 Å². The Labute approximate surface area is 90.0 Å². The Morgan fingerprint density at radius 2 is 2.07 bits per heavy atom. The van der Waals surface area contributed by atoms with E-state index < -0.39 is 11.6 Å². The van der Waals surface area contributed by atoms with E-state index in [1.54, 1.807) is 6.92 Å². The van der Waals surface area contributed by atoms with Crippen LogP contribution in [0.1, 0.15) is 6.92 Å². The smallest absolute Gasteiger partial charge is 0.147 e. The van der Waals surface area contributed by atoms with Gasteiger partial charge in [-0.25, -0.2) is 8.78 Å². The SMILES string of the molecule is C=C(C)CNc1cc(F)c(Br)cc1F. The second-order valence-corrected chi connectivity index (χ2v) is 3.91. The van der Waals surface area contributed by atoms with E-state index in [0.29, 0.717) is 6.54 Å². The van der Waals surface area contributed by atoms with Crippen molar-refractivity contribution < 1.29 is 8.78 Å². The van der Waals surface area contributed by atoms with E-state index in [0.717, 1.165) is 17.7 Å². The van der Waals surface area contributed by atoms with Gasteiger partial charge in [-0.15, -0.1) is 0 Å². The number of hydrogen-bond donors (Lipinski definition) is 1. The maximum atomic E-state index is 13.2. The van der Waals surface area contributed by atoms with Gasteiger partial charge >= 0.3 is 0 Å². The van der Waals surface area contributed by atoms with Gasteiger partial charge in [0, 0.05) is 12.6 Å². The summed E-state index contributed by atoms with van der Waals surface area (Å²) in [6.45, 7) is 5.89. The monoisotopic (exact) mass is 261 g/mol. The fraction of sp³-hybridized carbons (Fsp3) is 0.200. The topological polar surface area (TPSA) is 12.0 Å². The van der Waals surface area contributed by atoms with Gasteiger partial charge in [-0.05, 0) is 28.9 Å². The number of halogens is 3. The highest BCUT2D eigenvalue weighted by molar-refractivity contribution is 9.10. The van der Waals surface area contributed by atoms with Gasteiger partial charge in [-0.1, -0.05) is 12.2 Å². The van der Waals surface area contributed by atoms with Crippen molar-refractivity contribution in [3.63, 3.8) is 0 Å². The highest BCUT2D eigenvalue weighted by Crippen LogP contribution is 2.23. The number of rotatable bonds is 3. The maximum Gasteiger partial charge on any atom is 0.147 e. The highest BCUT2D eigenvalue weighted by atomic mass is 79.9. The van der Waals surface area contributed by atoms with Crippen molar-refractivity contribution >= 4 is 21.6 Å². The van der Waals surface area contributed by atoms with Crippen LogP contribution >= 0.6 is 15.9 Å². The Bertz CT molecular complexity index is 363. The Morgan fingerprint density at radius 3 is 2.64 bits per heavy atom. The lowest BCUT2D eigenvalue weighted by Crippen LogP contribution is -2.04. The lowest BCUT2D eigenvalue weighted by atomic mass is 10.2. The Kier molecular flexibility index (Phi) is 3.63. The largest absolute Gasteiger partial charge is 0.379 e. The second kappa shape index (κ2) is 4.55. The lowest BCUT2D eigenvalue weighted by Gasteiger charge is -2.07. The lowest BCUT2D eigenvalue weighted by molar-refractivity contribution is 0.597. The predicted octanol–water partition coefficient (Wildman–Crippen LogP) is 3.72. The molecule has 4 heteroatoms. The van der Waals surface area contributed by atoms with Crippen LogP contribution in [0.3, 0.4) is 0 Å². The molecule has 1 nitrogen and oxygen atoms in total. The normalized spacial score (nSPS) is 10.0. The van der Waals surface area contributed by atoms with Crippen molar-refractivity contribution in [2.75, 3.05) is 11.9 Å². The highest BCUT2D eigenvalue weighted by Gasteiger charge is 2.07. The fourth-order valence-corrected chi connectivity index (χ4v) is 1.22. The van der Waals surface area contributed by atoms with Crippen LogP contribution in [0.25, 0.3) is 0 Å². The number of anilines is 1. The molecule has 0 spiro atoms. The molecule has 0 amide bonds. The summed E-state index contributed by atoms with van der Waals surface area (Å²) in [7, 11) is 0. The molecule has 0 heterocycles. The van der Waals surface area contributed by atoms with Gasteiger partial charge in [-0.2, -0.15) is 0 Å². The molecule has 0 fully saturated rings. The summed E-state index contributed by atoms with van der Waals surface area (Å²) < 4.78 is 26.3. The molecule has 0 aliphatic carbocycles. The Balaban J connectivity index is 2.87. The number of nitrogens with one attached hydrogen (secondary N) is 1. The minimum Gasteiger partial charge on any atom is -0.379 e. The van der Waals surface area contributed by atoms with Crippen LogP contribution in [0.15, 0.2) is 28.8 Å². The fourth-order valence-electron chi connectivity index (χ4n) is 0.904. The summed E-state index contributed by atoms with van der Waals surface area (Å²) in [5.74, 6) is -0.977. The summed E-state index contributed by atoms with van der Waals surface area (Å²) in [4.78, 5) is 0. The average molecular weight is 262 g/mol. The molecule has 0 atom stereocenters. The van der Waals surface area contributed by atoms with Crippen LogP contribution in [-0.4, -0.2) is 6.54 Å². The van der Waals surface area contributed by atoms with E-state index in [2.05, 4.69) is 27.8 Å². The average Bonchev–Trinajstić information content (AvgIpc) is 2.09. The number of hydrogen-bond acceptors (Lipinski definition) is 1. The van der Waals surface area contributed by atoms with Gasteiger partial charge in [0.15, 0.2) is 0 Å². The molecule has 0 aliphatic rings. The van der Waals surface area contributed by atoms with E-state index in [9.17, 15) is 8.78 Å². The molecule has 0 radical (unpaired) electrons. The first-order valence-electron chi connectivity index (χ1n) is 4.03. The molecule has 0 saturated carbocycles. The van der Waals surface area contributed by atoms with Crippen LogP contribution in [0.2, 0.25) is 0 Å². The van der Waals surface area contributed by atoms with Crippen molar-refractivity contribution in [2.45, 2.75) is 6.92 Å². The first-order valence-corrected chi connectivity index (χ1v) is 4.83. The number of benzene rings is 1. The van der Waals surface area contributed by atoms with Crippen LogP contribution in [0.4, 0.5) is 14.5 Å². The molecular weight excluding hydrogens is 252 g/mol. The molecule has 0 saturated heterocycles. The van der Waals surface area contributed by atoms with Crippen LogP contribution in [0, 0.1) is 11.6 Å². The zero-order valence-corrected chi connectivity index (χ0v) is 9.29. The van der Waals surface area contributed by atoms with E-state index in [1.165, 1.54) is 0 Å². The summed E-state index contributed by atoms with van der Waals surface area (Å²) in [5, 5.41) is 2.75. The molecule has 1 N–H and O–H groups in total. The molecule has 0 aliphatic heterocycles. The summed E-state index contributed by atoms with van der Waals surface area (Å²) >= 11 is 2.90. The maximum absolute atomic E-state index is 13.2. The molecular formula is C10H10BrF2N. The van der Waals surface area contributed by atoms with Crippen molar-refractivity contribution in [2.24, 2.45) is 0 Å². The molecule has 0 aromatic heterocycles. The molecule has 0 unspecified atom stereocenters. The van der Waals surface area contributed by atoms with Crippen molar-refractivity contribution in [3.8, 4) is 0 Å². The zero-order valence-electron chi connectivity index (χ0n) is 7.70. The van der Waals surface area contributed by atoms with E-state index in [4.69, 9.17) is 0 Å². The zero-order chi connectivity index (χ0) is 10.7. The minimum absolute atomic E-state index is 0.121. The van der Waals surface area contributed by atoms with E-state index in [-0.39, 0.29) is 10.2 Å². The first-order chi connectivity index (χ1) is 6.50. The van der Waals surface area contributed by atoms with Crippen molar-refractivity contribution in [3.05, 3.63) is 40.4 Å². The summed E-state index contributed by atoms with van der Waals surface area (Å²) in [5.41, 5.74) is 1.00. The van der Waals surface area contributed by atoms with Gasteiger partial charge in [0.2, 0.25) is 0 Å². The molecule has 1 rings (SSSR count). The van der Waals surface area contributed by atoms with Crippen molar-refractivity contribution in [1.29, 1.82) is 0 Å². The minimum atomic E-state index is -0.490. The Morgan fingerprint density at radius 1 is 1.43 bits per heavy atom. The van der Waals surface area contributed by atoms with Gasteiger partial charge in [-0.3, -0.25) is 0 Å². The third kappa shape index (κ3) is 2.80. The van der Waals surface area contributed by atoms with Gasteiger partial charge in [0.05, 0.1) is 10.2 Å². The standard InChI is InChI=1S/C10H10BrF2N/c1-6(2)5-14-10-4-8(12)7(11)3-9(10)13/h3-4,14H,1,5H2,2H3. The van der Waals surface area contributed by atoms with E-state index in [1.807, 2.05) is 0 Å². The van der Waals surface area contributed by atoms with Crippen LogP contribution in [0.5, 0.6) is 0 Å². The van der Waals surface area contributed by atoms with Crippen molar-refractivity contribution in [1.82, 2.24) is 0 Å². The third-order valence-corrected chi connectivity index (χ3v) is 2.20. The van der Waals surface area contributed by atoms with Crippen LogP contribution in [-0.2, 0) is 0 Å². The molecule has 14 heavy (non-hydrogen) atoms. The molecule has 76 valence electrons. The van der Waals surface area contributed by atoms with Gasteiger partial charge in [0.25, 0.3) is 0 Å². The summed E-state index contributed by atoms with van der Waals surface area (Å²) in [6.07, 6.45) is 0.